The van der Waals surface area contributed by atoms with Gasteiger partial charge in [0, 0.05) is 10.9 Å². The second-order valence-electron chi connectivity index (χ2n) is 6.60. The van der Waals surface area contributed by atoms with Gasteiger partial charge >= 0.3 is 6.03 Å². The predicted molar refractivity (Wildman–Crippen MR) is 109 cm³/mol. The molecule has 4 rings (SSSR count). The van der Waals surface area contributed by atoms with Crippen LogP contribution in [0.15, 0.2) is 66.4 Å². The fraction of sp³-hybridized carbons (Fsp3) is 0.130. The van der Waals surface area contributed by atoms with Crippen molar-refractivity contribution in [2.45, 2.75) is 13.5 Å². The summed E-state index contributed by atoms with van der Waals surface area (Å²) >= 11 is 0. The number of fused-ring (bicyclic) bond motifs is 1. The van der Waals surface area contributed by atoms with Crippen molar-refractivity contribution in [2.24, 2.45) is 0 Å². The average molecular weight is 390 g/mol. The Kier molecular flexibility index (Phi) is 4.99. The molecule has 1 saturated heterocycles. The molecular formula is C23H19FN2O3. The van der Waals surface area contributed by atoms with Crippen LogP contribution in [-0.4, -0.2) is 23.4 Å². The molecule has 3 amide bonds. The second-order valence-corrected chi connectivity index (χ2v) is 6.60. The number of hydrogen-bond acceptors (Lipinski definition) is 3. The Morgan fingerprint density at radius 1 is 1.00 bits per heavy atom. The van der Waals surface area contributed by atoms with Gasteiger partial charge in [-0.3, -0.25) is 9.69 Å². The molecule has 3 aromatic rings. The van der Waals surface area contributed by atoms with E-state index in [1.54, 1.807) is 24.3 Å². The van der Waals surface area contributed by atoms with Crippen molar-refractivity contribution < 1.29 is 18.7 Å². The summed E-state index contributed by atoms with van der Waals surface area (Å²) in [4.78, 5) is 26.1. The number of benzene rings is 3. The van der Waals surface area contributed by atoms with Crippen molar-refractivity contribution in [3.8, 4) is 5.75 Å². The molecule has 146 valence electrons. The first-order valence-electron chi connectivity index (χ1n) is 9.31. The molecule has 0 bridgehead atoms. The summed E-state index contributed by atoms with van der Waals surface area (Å²) in [5, 5.41) is 4.41. The van der Waals surface area contributed by atoms with Crippen LogP contribution in [0.1, 0.15) is 18.1 Å². The first kappa shape index (κ1) is 18.7. The van der Waals surface area contributed by atoms with E-state index in [1.807, 2.05) is 43.3 Å². The van der Waals surface area contributed by atoms with Gasteiger partial charge in [0.05, 0.1) is 13.2 Å². The van der Waals surface area contributed by atoms with Gasteiger partial charge in [0.25, 0.3) is 5.91 Å². The summed E-state index contributed by atoms with van der Waals surface area (Å²) in [6.07, 6.45) is 1.64. The van der Waals surface area contributed by atoms with Crippen LogP contribution < -0.4 is 10.1 Å². The summed E-state index contributed by atoms with van der Waals surface area (Å²) < 4.78 is 19.6. The highest BCUT2D eigenvalue weighted by Crippen LogP contribution is 2.30. The smallest absolute Gasteiger partial charge is 0.329 e. The van der Waals surface area contributed by atoms with Crippen LogP contribution in [-0.2, 0) is 11.3 Å². The van der Waals surface area contributed by atoms with E-state index in [1.165, 1.54) is 6.07 Å². The number of hydrogen-bond donors (Lipinski definition) is 1. The van der Waals surface area contributed by atoms with Crippen molar-refractivity contribution in [1.82, 2.24) is 10.2 Å². The Morgan fingerprint density at radius 3 is 2.48 bits per heavy atom. The third kappa shape index (κ3) is 3.57. The van der Waals surface area contributed by atoms with Crippen LogP contribution in [0, 0.1) is 5.82 Å². The molecular weight excluding hydrogens is 371 g/mol. The van der Waals surface area contributed by atoms with Crippen LogP contribution >= 0.6 is 0 Å². The lowest BCUT2D eigenvalue weighted by Gasteiger charge is -2.12. The lowest BCUT2D eigenvalue weighted by atomic mass is 10.0. The largest absolute Gasteiger partial charge is 0.493 e. The highest BCUT2D eigenvalue weighted by Gasteiger charge is 2.34. The minimum absolute atomic E-state index is 0.126. The number of carbonyl (C=O) groups is 2. The zero-order valence-electron chi connectivity index (χ0n) is 15.8. The van der Waals surface area contributed by atoms with E-state index >= 15 is 0 Å². The number of imide groups is 1. The first-order valence-corrected chi connectivity index (χ1v) is 9.31. The molecule has 0 radical (unpaired) electrons. The topological polar surface area (TPSA) is 58.6 Å². The van der Waals surface area contributed by atoms with Gasteiger partial charge in [-0.15, -0.1) is 0 Å². The van der Waals surface area contributed by atoms with E-state index in [4.69, 9.17) is 4.74 Å². The van der Waals surface area contributed by atoms with Gasteiger partial charge in [-0.25, -0.2) is 9.18 Å². The van der Waals surface area contributed by atoms with Gasteiger partial charge in [0.15, 0.2) is 0 Å². The van der Waals surface area contributed by atoms with Gasteiger partial charge in [-0.05, 0) is 36.1 Å². The molecule has 0 atom stereocenters. The standard InChI is InChI=1S/C23H19FN2O3/c1-2-29-21-12-11-15(17-8-4-5-9-18(17)21)13-20-22(27)26(23(28)25-20)14-16-7-3-6-10-19(16)24/h3-13H,2,14H2,1H3,(H,25,28)/b20-13+. The SMILES string of the molecule is CCOc1ccc(/C=C2/NC(=O)N(Cc3ccccc3F)C2=O)c2ccccc12. The Hall–Kier alpha value is -3.67. The van der Waals surface area contributed by atoms with E-state index < -0.39 is 17.8 Å². The quantitative estimate of drug-likeness (QED) is 0.517. The van der Waals surface area contributed by atoms with Gasteiger partial charge in [-0.1, -0.05) is 48.5 Å². The maximum atomic E-state index is 13.9. The molecule has 0 aromatic heterocycles. The number of nitrogens with one attached hydrogen (secondary N) is 1. The molecule has 3 aromatic carbocycles. The minimum Gasteiger partial charge on any atom is -0.493 e. The zero-order chi connectivity index (χ0) is 20.4. The van der Waals surface area contributed by atoms with Crippen LogP contribution in [0.3, 0.4) is 0 Å². The second kappa shape index (κ2) is 7.75. The zero-order valence-corrected chi connectivity index (χ0v) is 15.8. The highest BCUT2D eigenvalue weighted by atomic mass is 19.1. The molecule has 1 aliphatic rings. The molecule has 0 spiro atoms. The van der Waals surface area contributed by atoms with Crippen molar-refractivity contribution in [1.29, 1.82) is 0 Å². The molecule has 1 fully saturated rings. The summed E-state index contributed by atoms with van der Waals surface area (Å²) in [7, 11) is 0. The predicted octanol–water partition coefficient (Wildman–Crippen LogP) is 4.47. The maximum absolute atomic E-state index is 13.9. The number of ether oxygens (including phenoxy) is 1. The summed E-state index contributed by atoms with van der Waals surface area (Å²) in [6.45, 7) is 2.34. The monoisotopic (exact) mass is 390 g/mol. The van der Waals surface area contributed by atoms with Gasteiger partial charge in [0.2, 0.25) is 0 Å². The molecule has 0 saturated carbocycles. The number of nitrogens with zero attached hydrogens (tertiary/aromatic N) is 1. The molecule has 5 nitrogen and oxygen atoms in total. The number of rotatable bonds is 5. The van der Waals surface area contributed by atoms with Crippen LogP contribution in [0.5, 0.6) is 5.75 Å². The molecule has 1 aliphatic heterocycles. The normalized spacial score (nSPS) is 15.2. The highest BCUT2D eigenvalue weighted by molar-refractivity contribution is 6.14. The van der Waals surface area contributed by atoms with Crippen LogP contribution in [0.25, 0.3) is 16.8 Å². The van der Waals surface area contributed by atoms with E-state index in [0.29, 0.717) is 6.61 Å². The lowest BCUT2D eigenvalue weighted by molar-refractivity contribution is -0.123. The summed E-state index contributed by atoms with van der Waals surface area (Å²) in [5.41, 5.74) is 1.21. The van der Waals surface area contributed by atoms with E-state index in [0.717, 1.165) is 27.0 Å². The molecule has 1 N–H and O–H groups in total. The van der Waals surface area contributed by atoms with E-state index in [9.17, 15) is 14.0 Å². The number of urea groups is 1. The fourth-order valence-corrected chi connectivity index (χ4v) is 3.37. The van der Waals surface area contributed by atoms with Crippen molar-refractivity contribution >= 4 is 28.8 Å². The van der Waals surface area contributed by atoms with Crippen LogP contribution in [0.2, 0.25) is 0 Å². The van der Waals surface area contributed by atoms with E-state index in [2.05, 4.69) is 5.32 Å². The Morgan fingerprint density at radius 2 is 1.72 bits per heavy atom. The number of halogens is 1. The van der Waals surface area contributed by atoms with Crippen molar-refractivity contribution in [2.75, 3.05) is 6.61 Å². The molecule has 0 aliphatic carbocycles. The van der Waals surface area contributed by atoms with Gasteiger partial charge < -0.3 is 10.1 Å². The number of amides is 3. The maximum Gasteiger partial charge on any atom is 0.329 e. The fourth-order valence-electron chi connectivity index (χ4n) is 3.37. The average Bonchev–Trinajstić information content (AvgIpc) is 2.99. The lowest BCUT2D eigenvalue weighted by Crippen LogP contribution is -2.30. The first-order chi connectivity index (χ1) is 14.1. The summed E-state index contributed by atoms with van der Waals surface area (Å²) in [6, 6.07) is 16.9. The van der Waals surface area contributed by atoms with Gasteiger partial charge in [0.1, 0.15) is 17.3 Å². The molecule has 29 heavy (non-hydrogen) atoms. The summed E-state index contributed by atoms with van der Waals surface area (Å²) in [5.74, 6) is -0.188. The van der Waals surface area contributed by atoms with Gasteiger partial charge in [-0.2, -0.15) is 0 Å². The molecule has 0 unspecified atom stereocenters. The van der Waals surface area contributed by atoms with Crippen molar-refractivity contribution in [3.05, 3.63) is 83.3 Å². The van der Waals surface area contributed by atoms with Crippen LogP contribution in [0.4, 0.5) is 9.18 Å². The Labute approximate surface area is 167 Å². The van der Waals surface area contributed by atoms with E-state index in [-0.39, 0.29) is 17.8 Å². The third-order valence-corrected chi connectivity index (χ3v) is 4.77. The van der Waals surface area contributed by atoms with Crippen molar-refractivity contribution in [3.63, 3.8) is 0 Å². The molecule has 6 heteroatoms. The molecule has 1 heterocycles. The Balaban J connectivity index is 1.67. The Bertz CT molecular complexity index is 1140. The third-order valence-electron chi connectivity index (χ3n) is 4.77. The minimum atomic E-state index is -0.570. The number of carbonyl (C=O) groups excluding carboxylic acids is 2.